The number of halogens is 1. The first kappa shape index (κ1) is 14.8. The van der Waals surface area contributed by atoms with E-state index < -0.39 is 21.5 Å². The fraction of sp³-hybridized carbons (Fsp3) is 0.273. The molecule has 0 aliphatic rings. The molecule has 20 heavy (non-hydrogen) atoms. The van der Waals surface area contributed by atoms with Crippen LogP contribution < -0.4 is 4.72 Å². The highest BCUT2D eigenvalue weighted by Gasteiger charge is 2.35. The Labute approximate surface area is 120 Å². The van der Waals surface area contributed by atoms with Gasteiger partial charge in [-0.1, -0.05) is 17.7 Å². The third-order valence-electron chi connectivity index (χ3n) is 2.63. The number of hydrogen-bond donors (Lipinski definition) is 2. The van der Waals surface area contributed by atoms with Gasteiger partial charge in [0, 0.05) is 6.20 Å². The van der Waals surface area contributed by atoms with Crippen molar-refractivity contribution < 1.29 is 18.3 Å². The number of carboxylic acids is 1. The summed E-state index contributed by atoms with van der Waals surface area (Å²) in [6.07, 6.45) is 1.48. The van der Waals surface area contributed by atoms with Gasteiger partial charge in [-0.05, 0) is 26.0 Å². The van der Waals surface area contributed by atoms with Gasteiger partial charge in [0.1, 0.15) is 11.2 Å². The van der Waals surface area contributed by atoms with Gasteiger partial charge in [0.25, 0.3) is 10.0 Å². The molecule has 2 heterocycles. The van der Waals surface area contributed by atoms with E-state index in [9.17, 15) is 13.2 Å². The molecule has 0 saturated carbocycles. The molecule has 0 atom stereocenters. The summed E-state index contributed by atoms with van der Waals surface area (Å²) in [5, 5.41) is 8.50. The van der Waals surface area contributed by atoms with Crippen LogP contribution >= 0.6 is 11.6 Å². The van der Waals surface area contributed by atoms with Gasteiger partial charge in [-0.3, -0.25) is 9.20 Å². The van der Waals surface area contributed by atoms with Crippen molar-refractivity contribution in [3.8, 4) is 0 Å². The van der Waals surface area contributed by atoms with Gasteiger partial charge in [0.05, 0.1) is 0 Å². The van der Waals surface area contributed by atoms with Crippen molar-refractivity contribution in [2.45, 2.75) is 24.4 Å². The lowest BCUT2D eigenvalue weighted by atomic mass is 10.1. The predicted molar refractivity (Wildman–Crippen MR) is 72.2 cm³/mol. The van der Waals surface area contributed by atoms with Crippen LogP contribution in [0.3, 0.4) is 0 Å². The fourth-order valence-corrected chi connectivity index (χ4v) is 3.63. The van der Waals surface area contributed by atoms with Gasteiger partial charge in [-0.2, -0.15) is 4.72 Å². The first-order valence-corrected chi connectivity index (χ1v) is 7.41. The summed E-state index contributed by atoms with van der Waals surface area (Å²) < 4.78 is 28.0. The Kier molecular flexibility index (Phi) is 3.49. The van der Waals surface area contributed by atoms with Gasteiger partial charge in [0.15, 0.2) is 10.2 Å². The van der Waals surface area contributed by atoms with E-state index in [-0.39, 0.29) is 10.2 Å². The van der Waals surface area contributed by atoms with Crippen LogP contribution in [0.4, 0.5) is 0 Å². The Morgan fingerprint density at radius 3 is 2.70 bits per heavy atom. The standard InChI is InChI=1S/C11H12ClN3O4S/c1-11(2,10(16)17)14-20(18,19)9-8(12)13-7-5-3-4-6-15(7)9/h3-6,14H,1-2H3,(H,16,17). The Morgan fingerprint density at radius 1 is 1.45 bits per heavy atom. The van der Waals surface area contributed by atoms with Crippen molar-refractivity contribution >= 4 is 33.2 Å². The van der Waals surface area contributed by atoms with E-state index in [2.05, 4.69) is 9.71 Å². The number of hydrogen-bond acceptors (Lipinski definition) is 4. The minimum atomic E-state index is -4.14. The predicted octanol–water partition coefficient (Wildman–Crippen LogP) is 1.13. The number of imidazole rings is 1. The molecular weight excluding hydrogens is 306 g/mol. The number of sulfonamides is 1. The van der Waals surface area contributed by atoms with E-state index >= 15 is 0 Å². The molecule has 0 spiro atoms. The van der Waals surface area contributed by atoms with Crippen LogP contribution in [0.25, 0.3) is 5.65 Å². The largest absolute Gasteiger partial charge is 0.480 e. The number of carbonyl (C=O) groups is 1. The van der Waals surface area contributed by atoms with E-state index in [0.29, 0.717) is 5.65 Å². The molecule has 108 valence electrons. The number of carboxylic acid groups (broad SMARTS) is 1. The first-order chi connectivity index (χ1) is 9.15. The zero-order valence-corrected chi connectivity index (χ0v) is 12.2. The van der Waals surface area contributed by atoms with Crippen molar-refractivity contribution in [3.63, 3.8) is 0 Å². The first-order valence-electron chi connectivity index (χ1n) is 5.55. The molecule has 0 saturated heterocycles. The third-order valence-corrected chi connectivity index (χ3v) is 4.68. The molecule has 0 amide bonds. The highest BCUT2D eigenvalue weighted by molar-refractivity contribution is 7.89. The third kappa shape index (κ3) is 2.49. The number of aliphatic carboxylic acids is 1. The number of fused-ring (bicyclic) bond motifs is 1. The summed E-state index contributed by atoms with van der Waals surface area (Å²) in [6, 6.07) is 4.89. The number of nitrogens with one attached hydrogen (secondary N) is 1. The Hall–Kier alpha value is -1.64. The molecule has 0 aliphatic heterocycles. The summed E-state index contributed by atoms with van der Waals surface area (Å²) in [5.41, 5.74) is -1.31. The minimum absolute atomic E-state index is 0.218. The second kappa shape index (κ2) is 4.72. The molecule has 2 N–H and O–H groups in total. The van der Waals surface area contributed by atoms with Crippen molar-refractivity contribution in [2.75, 3.05) is 0 Å². The molecule has 0 fully saturated rings. The summed E-state index contributed by atoms with van der Waals surface area (Å²) in [7, 11) is -4.14. The average molecular weight is 318 g/mol. The summed E-state index contributed by atoms with van der Waals surface area (Å²) in [5.74, 6) is -1.30. The van der Waals surface area contributed by atoms with Crippen molar-refractivity contribution in [1.82, 2.24) is 14.1 Å². The summed E-state index contributed by atoms with van der Waals surface area (Å²) in [6.45, 7) is 2.48. The molecule has 0 aliphatic carbocycles. The molecular formula is C11H12ClN3O4S. The molecule has 2 rings (SSSR count). The van der Waals surface area contributed by atoms with Crippen LogP contribution in [-0.2, 0) is 14.8 Å². The molecule has 0 aromatic carbocycles. The number of nitrogens with zero attached hydrogens (tertiary/aromatic N) is 2. The Bertz CT molecular complexity index is 782. The van der Waals surface area contributed by atoms with Gasteiger partial charge < -0.3 is 5.11 Å². The quantitative estimate of drug-likeness (QED) is 0.880. The maximum atomic E-state index is 12.3. The highest BCUT2D eigenvalue weighted by Crippen LogP contribution is 2.23. The second-order valence-electron chi connectivity index (χ2n) is 4.67. The maximum Gasteiger partial charge on any atom is 0.324 e. The second-order valence-corrected chi connectivity index (χ2v) is 6.63. The van der Waals surface area contributed by atoms with Crippen LogP contribution in [0.2, 0.25) is 5.15 Å². The van der Waals surface area contributed by atoms with Crippen LogP contribution in [0.15, 0.2) is 29.4 Å². The average Bonchev–Trinajstić information content (AvgIpc) is 2.63. The van der Waals surface area contributed by atoms with Crippen LogP contribution in [0.1, 0.15) is 13.8 Å². The van der Waals surface area contributed by atoms with Crippen molar-refractivity contribution in [2.24, 2.45) is 0 Å². The molecule has 7 nitrogen and oxygen atoms in total. The maximum absolute atomic E-state index is 12.3. The van der Waals surface area contributed by atoms with E-state index in [1.165, 1.54) is 24.4 Å². The normalized spacial score (nSPS) is 12.8. The lowest BCUT2D eigenvalue weighted by molar-refractivity contribution is -0.142. The van der Waals surface area contributed by atoms with Gasteiger partial charge in [-0.15, -0.1) is 0 Å². The van der Waals surface area contributed by atoms with Crippen molar-refractivity contribution in [3.05, 3.63) is 29.5 Å². The smallest absolute Gasteiger partial charge is 0.324 e. The summed E-state index contributed by atoms with van der Waals surface area (Å²) in [4.78, 5) is 15.0. The topological polar surface area (TPSA) is 101 Å². The van der Waals surface area contributed by atoms with Crippen LogP contribution in [0, 0.1) is 0 Å². The monoisotopic (exact) mass is 317 g/mol. The Morgan fingerprint density at radius 2 is 2.10 bits per heavy atom. The van der Waals surface area contributed by atoms with Crippen LogP contribution in [0.5, 0.6) is 0 Å². The minimum Gasteiger partial charge on any atom is -0.480 e. The van der Waals surface area contributed by atoms with Crippen molar-refractivity contribution in [1.29, 1.82) is 0 Å². The zero-order chi connectivity index (χ0) is 15.1. The van der Waals surface area contributed by atoms with E-state index in [0.717, 1.165) is 0 Å². The van der Waals surface area contributed by atoms with E-state index in [1.807, 2.05) is 0 Å². The molecule has 9 heteroatoms. The molecule has 0 unspecified atom stereocenters. The lowest BCUT2D eigenvalue weighted by Crippen LogP contribution is -2.49. The molecule has 2 aromatic heterocycles. The molecule has 0 radical (unpaired) electrons. The van der Waals surface area contributed by atoms with E-state index in [1.54, 1.807) is 18.2 Å². The molecule has 2 aromatic rings. The zero-order valence-electron chi connectivity index (χ0n) is 10.7. The fourth-order valence-electron chi connectivity index (χ4n) is 1.61. The van der Waals surface area contributed by atoms with Gasteiger partial charge >= 0.3 is 5.97 Å². The number of aromatic nitrogens is 2. The van der Waals surface area contributed by atoms with E-state index in [4.69, 9.17) is 16.7 Å². The van der Waals surface area contributed by atoms with Gasteiger partial charge in [0.2, 0.25) is 0 Å². The SMILES string of the molecule is CC(C)(NS(=O)(=O)c1c(Cl)nc2ccccn12)C(=O)O. The number of pyridine rings is 1. The lowest BCUT2D eigenvalue weighted by Gasteiger charge is -2.20. The van der Waals surface area contributed by atoms with Gasteiger partial charge in [-0.25, -0.2) is 13.4 Å². The molecule has 0 bridgehead atoms. The highest BCUT2D eigenvalue weighted by atomic mass is 35.5. The number of rotatable bonds is 4. The Balaban J connectivity index is 2.58. The van der Waals surface area contributed by atoms with Crippen LogP contribution in [-0.4, -0.2) is 34.4 Å². The summed E-state index contributed by atoms with van der Waals surface area (Å²) >= 11 is 5.86.